The average Bonchev–Trinajstić information content (AvgIpc) is 2.87. The van der Waals surface area contributed by atoms with Gasteiger partial charge in [0.15, 0.2) is 0 Å². The Morgan fingerprint density at radius 3 is 2.38 bits per heavy atom. The highest BCUT2D eigenvalue weighted by Crippen LogP contribution is 2.37. The standard InChI is InChI=1S/C20H16Cl2N2O2/c1-3-11-24-19(25)17(15-10-9-13(21)12-16(15)22)18(20(24)26)23(2)14-7-5-4-6-8-14/h3-10,12H,1,11H2,2H3. The molecule has 0 radical (unpaired) electrons. The van der Waals surface area contributed by atoms with Crippen LogP contribution in [0.5, 0.6) is 0 Å². The lowest BCUT2D eigenvalue weighted by atomic mass is 10.0. The van der Waals surface area contributed by atoms with Gasteiger partial charge in [-0.15, -0.1) is 6.58 Å². The number of anilines is 1. The number of halogens is 2. The largest absolute Gasteiger partial charge is 0.339 e. The predicted octanol–water partition coefficient (Wildman–Crippen LogP) is 4.40. The Morgan fingerprint density at radius 1 is 1.08 bits per heavy atom. The van der Waals surface area contributed by atoms with E-state index in [2.05, 4.69) is 6.58 Å². The van der Waals surface area contributed by atoms with Gasteiger partial charge in [-0.05, 0) is 24.3 Å². The first kappa shape index (κ1) is 18.2. The van der Waals surface area contributed by atoms with Crippen molar-refractivity contribution in [2.75, 3.05) is 18.5 Å². The number of benzene rings is 2. The highest BCUT2D eigenvalue weighted by Gasteiger charge is 2.41. The minimum atomic E-state index is -0.406. The highest BCUT2D eigenvalue weighted by atomic mass is 35.5. The van der Waals surface area contributed by atoms with Crippen molar-refractivity contribution in [2.45, 2.75) is 0 Å². The Kier molecular flexibility index (Phi) is 5.16. The lowest BCUT2D eigenvalue weighted by Gasteiger charge is -2.21. The maximum atomic E-state index is 13.0. The van der Waals surface area contributed by atoms with Crippen molar-refractivity contribution in [3.05, 3.63) is 82.5 Å². The maximum absolute atomic E-state index is 13.0. The molecule has 0 spiro atoms. The van der Waals surface area contributed by atoms with Crippen molar-refractivity contribution in [1.29, 1.82) is 0 Å². The molecule has 132 valence electrons. The van der Waals surface area contributed by atoms with Gasteiger partial charge in [-0.3, -0.25) is 14.5 Å². The fourth-order valence-electron chi connectivity index (χ4n) is 2.89. The molecule has 6 heteroatoms. The monoisotopic (exact) mass is 386 g/mol. The Bertz CT molecular complexity index is 923. The average molecular weight is 387 g/mol. The number of rotatable bonds is 5. The second-order valence-corrected chi connectivity index (χ2v) is 6.60. The number of para-hydroxylation sites is 1. The van der Waals surface area contributed by atoms with Crippen molar-refractivity contribution < 1.29 is 9.59 Å². The summed E-state index contributed by atoms with van der Waals surface area (Å²) in [5, 5.41) is 0.769. The Hall–Kier alpha value is -2.56. The zero-order valence-corrected chi connectivity index (χ0v) is 15.6. The summed E-state index contributed by atoms with van der Waals surface area (Å²) in [4.78, 5) is 28.8. The molecule has 0 bridgehead atoms. The van der Waals surface area contributed by atoms with Gasteiger partial charge in [0.2, 0.25) is 0 Å². The molecule has 26 heavy (non-hydrogen) atoms. The highest BCUT2D eigenvalue weighted by molar-refractivity contribution is 6.41. The summed E-state index contributed by atoms with van der Waals surface area (Å²) in [5.74, 6) is -0.792. The molecule has 0 unspecified atom stereocenters. The molecule has 1 heterocycles. The summed E-state index contributed by atoms with van der Waals surface area (Å²) < 4.78 is 0. The molecular formula is C20H16Cl2N2O2. The summed E-state index contributed by atoms with van der Waals surface area (Å²) in [6.07, 6.45) is 1.52. The van der Waals surface area contributed by atoms with E-state index in [4.69, 9.17) is 23.2 Å². The predicted molar refractivity (Wildman–Crippen MR) is 105 cm³/mol. The van der Waals surface area contributed by atoms with Crippen LogP contribution in [0.1, 0.15) is 5.56 Å². The summed E-state index contributed by atoms with van der Waals surface area (Å²) in [7, 11) is 1.75. The number of carbonyl (C=O) groups is 2. The molecule has 0 N–H and O–H groups in total. The number of hydrogen-bond donors (Lipinski definition) is 0. The number of amides is 2. The third-order valence-electron chi connectivity index (χ3n) is 4.13. The summed E-state index contributed by atoms with van der Waals surface area (Å²) >= 11 is 12.3. The first-order valence-corrected chi connectivity index (χ1v) is 8.67. The van der Waals surface area contributed by atoms with E-state index in [1.807, 2.05) is 30.3 Å². The van der Waals surface area contributed by atoms with Crippen LogP contribution < -0.4 is 4.90 Å². The van der Waals surface area contributed by atoms with E-state index in [1.54, 1.807) is 30.1 Å². The fourth-order valence-corrected chi connectivity index (χ4v) is 3.39. The van der Waals surface area contributed by atoms with Gasteiger partial charge in [-0.25, -0.2) is 0 Å². The number of carbonyl (C=O) groups excluding carboxylic acids is 2. The third-order valence-corrected chi connectivity index (χ3v) is 4.68. The van der Waals surface area contributed by atoms with Gasteiger partial charge >= 0.3 is 0 Å². The quantitative estimate of drug-likeness (QED) is 0.564. The lowest BCUT2D eigenvalue weighted by molar-refractivity contribution is -0.136. The van der Waals surface area contributed by atoms with Crippen LogP contribution in [0.4, 0.5) is 5.69 Å². The molecule has 0 aliphatic carbocycles. The van der Waals surface area contributed by atoms with E-state index in [-0.39, 0.29) is 23.7 Å². The van der Waals surface area contributed by atoms with Gasteiger partial charge in [0.05, 0.1) is 10.6 Å². The number of nitrogens with zero attached hydrogens (tertiary/aromatic N) is 2. The molecule has 0 saturated carbocycles. The van der Waals surface area contributed by atoms with E-state index in [1.165, 1.54) is 6.08 Å². The van der Waals surface area contributed by atoms with Crippen LogP contribution >= 0.6 is 23.2 Å². The molecule has 0 fully saturated rings. The first-order chi connectivity index (χ1) is 12.5. The molecule has 2 amide bonds. The summed E-state index contributed by atoms with van der Waals surface area (Å²) in [6, 6.07) is 14.2. The van der Waals surface area contributed by atoms with E-state index >= 15 is 0 Å². The third kappa shape index (κ3) is 3.14. The van der Waals surface area contributed by atoms with Crippen LogP contribution in [0.15, 0.2) is 66.9 Å². The molecular weight excluding hydrogens is 371 g/mol. The van der Waals surface area contributed by atoms with Crippen LogP contribution in [0.2, 0.25) is 10.0 Å². The van der Waals surface area contributed by atoms with Gasteiger partial charge in [0, 0.05) is 29.9 Å². The molecule has 0 saturated heterocycles. The Morgan fingerprint density at radius 2 is 1.77 bits per heavy atom. The van der Waals surface area contributed by atoms with Gasteiger partial charge in [0.25, 0.3) is 11.8 Å². The zero-order chi connectivity index (χ0) is 18.8. The first-order valence-electron chi connectivity index (χ1n) is 7.91. The van der Waals surface area contributed by atoms with E-state index < -0.39 is 5.91 Å². The second kappa shape index (κ2) is 7.36. The minimum absolute atomic E-state index is 0.124. The Balaban J connectivity index is 2.21. The van der Waals surface area contributed by atoms with Crippen LogP contribution in [0, 0.1) is 0 Å². The molecule has 2 aromatic rings. The van der Waals surface area contributed by atoms with Crippen LogP contribution in [0.3, 0.4) is 0 Å². The molecule has 3 rings (SSSR count). The zero-order valence-electron chi connectivity index (χ0n) is 14.1. The van der Waals surface area contributed by atoms with Crippen molar-refractivity contribution in [3.8, 4) is 0 Å². The van der Waals surface area contributed by atoms with Crippen molar-refractivity contribution in [3.63, 3.8) is 0 Å². The van der Waals surface area contributed by atoms with E-state index in [9.17, 15) is 9.59 Å². The summed E-state index contributed by atoms with van der Waals surface area (Å²) in [6.45, 7) is 3.75. The van der Waals surface area contributed by atoms with Crippen LogP contribution in [-0.2, 0) is 9.59 Å². The van der Waals surface area contributed by atoms with Gasteiger partial charge < -0.3 is 4.90 Å². The molecule has 0 atom stereocenters. The van der Waals surface area contributed by atoms with E-state index in [0.29, 0.717) is 15.6 Å². The normalized spacial score (nSPS) is 14.2. The minimum Gasteiger partial charge on any atom is -0.339 e. The van der Waals surface area contributed by atoms with Crippen LogP contribution in [0.25, 0.3) is 5.57 Å². The molecule has 4 nitrogen and oxygen atoms in total. The molecule has 1 aliphatic rings. The van der Waals surface area contributed by atoms with Gasteiger partial charge in [-0.1, -0.05) is 53.5 Å². The maximum Gasteiger partial charge on any atom is 0.278 e. The molecule has 0 aromatic heterocycles. The van der Waals surface area contributed by atoms with Crippen LogP contribution in [-0.4, -0.2) is 30.3 Å². The second-order valence-electron chi connectivity index (χ2n) is 5.75. The molecule has 1 aliphatic heterocycles. The van der Waals surface area contributed by atoms with Crippen molar-refractivity contribution in [1.82, 2.24) is 4.90 Å². The van der Waals surface area contributed by atoms with Gasteiger partial charge in [-0.2, -0.15) is 0 Å². The van der Waals surface area contributed by atoms with Crippen molar-refractivity contribution >= 4 is 46.3 Å². The number of likely N-dealkylation sites (N-methyl/N-ethyl adjacent to an activating group) is 1. The lowest BCUT2D eigenvalue weighted by Crippen LogP contribution is -2.34. The summed E-state index contributed by atoms with van der Waals surface area (Å²) in [5.41, 5.74) is 1.78. The van der Waals surface area contributed by atoms with E-state index in [0.717, 1.165) is 10.6 Å². The fraction of sp³-hybridized carbons (Fsp3) is 0.100. The molecule has 2 aromatic carbocycles. The SMILES string of the molecule is C=CCN1C(=O)C(c2ccc(Cl)cc2Cl)=C(N(C)c2ccccc2)C1=O. The smallest absolute Gasteiger partial charge is 0.278 e. The van der Waals surface area contributed by atoms with Crippen molar-refractivity contribution in [2.24, 2.45) is 0 Å². The van der Waals surface area contributed by atoms with Gasteiger partial charge in [0.1, 0.15) is 5.70 Å². The number of hydrogen-bond acceptors (Lipinski definition) is 3. The number of imide groups is 1. The topological polar surface area (TPSA) is 40.6 Å². The Labute approximate surface area is 161 Å².